The largest absolute Gasteiger partial charge is 0.399 e. The van der Waals surface area contributed by atoms with E-state index < -0.39 is 10.0 Å². The zero-order chi connectivity index (χ0) is 15.0. The van der Waals surface area contributed by atoms with E-state index in [4.69, 9.17) is 5.73 Å². The number of fused-ring (bicyclic) bond motifs is 1. The van der Waals surface area contributed by atoms with Gasteiger partial charge in [-0.15, -0.1) is 0 Å². The molecule has 6 nitrogen and oxygen atoms in total. The number of nitrogens with zero attached hydrogens (tertiary/aromatic N) is 1. The summed E-state index contributed by atoms with van der Waals surface area (Å²) in [6, 6.07) is 8.50. The summed E-state index contributed by atoms with van der Waals surface area (Å²) in [5, 5.41) is 0.551. The molecule has 0 radical (unpaired) electrons. The van der Waals surface area contributed by atoms with Crippen LogP contribution in [0.1, 0.15) is 5.56 Å². The number of aromatic amines is 1. The third-order valence-electron chi connectivity index (χ3n) is 3.11. The fourth-order valence-electron chi connectivity index (χ4n) is 2.06. The van der Waals surface area contributed by atoms with Crippen LogP contribution >= 0.6 is 0 Å². The number of hydrogen-bond donors (Lipinski definition) is 3. The van der Waals surface area contributed by atoms with Crippen molar-refractivity contribution in [1.29, 1.82) is 0 Å². The Labute approximate surface area is 122 Å². The molecule has 21 heavy (non-hydrogen) atoms. The molecule has 1 aromatic carbocycles. The Bertz CT molecular complexity index is 898. The van der Waals surface area contributed by atoms with Gasteiger partial charge in [0.25, 0.3) is 10.0 Å². The maximum Gasteiger partial charge on any atom is 0.265 e. The average molecular weight is 302 g/mol. The lowest BCUT2D eigenvalue weighted by Gasteiger charge is -2.06. The lowest BCUT2D eigenvalue weighted by Crippen LogP contribution is -2.13. The highest BCUT2D eigenvalue weighted by molar-refractivity contribution is 7.93. The monoisotopic (exact) mass is 302 g/mol. The molecular weight excluding hydrogens is 288 g/mol. The zero-order valence-electron chi connectivity index (χ0n) is 11.3. The summed E-state index contributed by atoms with van der Waals surface area (Å²) in [6.45, 7) is 1.88. The number of pyridine rings is 1. The lowest BCUT2D eigenvalue weighted by molar-refractivity contribution is 0.602. The molecule has 0 atom stereocenters. The maximum atomic E-state index is 12.5. The number of sulfonamides is 1. The Morgan fingerprint density at radius 1 is 1.24 bits per heavy atom. The number of anilines is 2. The van der Waals surface area contributed by atoms with E-state index in [1.807, 2.05) is 6.92 Å². The fraction of sp³-hybridized carbons (Fsp3) is 0.0714. The van der Waals surface area contributed by atoms with E-state index >= 15 is 0 Å². The summed E-state index contributed by atoms with van der Waals surface area (Å²) in [6.07, 6.45) is 3.05. The summed E-state index contributed by atoms with van der Waals surface area (Å²) < 4.78 is 27.4. The van der Waals surface area contributed by atoms with Crippen LogP contribution in [-0.2, 0) is 10.0 Å². The third kappa shape index (κ3) is 2.55. The normalized spacial score (nSPS) is 11.7. The summed E-state index contributed by atoms with van der Waals surface area (Å²) in [5.74, 6) is 0.277. The molecule has 0 spiro atoms. The second-order valence-corrected chi connectivity index (χ2v) is 6.44. The molecular formula is C14H14N4O2S. The number of benzene rings is 1. The van der Waals surface area contributed by atoms with Gasteiger partial charge in [-0.3, -0.25) is 4.72 Å². The smallest absolute Gasteiger partial charge is 0.265 e. The van der Waals surface area contributed by atoms with E-state index in [0.29, 0.717) is 16.6 Å². The first-order chi connectivity index (χ1) is 9.95. The van der Waals surface area contributed by atoms with Gasteiger partial charge in [-0.1, -0.05) is 6.07 Å². The molecule has 0 unspecified atom stereocenters. The van der Waals surface area contributed by atoms with Crippen molar-refractivity contribution in [3.05, 3.63) is 48.3 Å². The first kappa shape index (κ1) is 13.4. The van der Waals surface area contributed by atoms with Gasteiger partial charge in [0.1, 0.15) is 10.7 Å². The minimum atomic E-state index is -3.73. The van der Waals surface area contributed by atoms with Gasteiger partial charge in [-0.05, 0) is 36.8 Å². The highest BCUT2D eigenvalue weighted by Gasteiger charge is 2.19. The Kier molecular flexibility index (Phi) is 3.06. The fourth-order valence-corrected chi connectivity index (χ4v) is 3.23. The minimum absolute atomic E-state index is 0.146. The number of hydrogen-bond acceptors (Lipinski definition) is 4. The summed E-state index contributed by atoms with van der Waals surface area (Å²) in [7, 11) is -3.73. The number of rotatable bonds is 3. The van der Waals surface area contributed by atoms with Crippen LogP contribution in [0.5, 0.6) is 0 Å². The van der Waals surface area contributed by atoms with Crippen LogP contribution in [0, 0.1) is 6.92 Å². The van der Waals surface area contributed by atoms with Crippen LogP contribution in [0.15, 0.2) is 47.6 Å². The van der Waals surface area contributed by atoms with Crippen molar-refractivity contribution >= 4 is 32.4 Å². The number of nitrogen functional groups attached to an aromatic ring is 1. The van der Waals surface area contributed by atoms with Crippen molar-refractivity contribution in [1.82, 2.24) is 9.97 Å². The van der Waals surface area contributed by atoms with Gasteiger partial charge in [0.2, 0.25) is 0 Å². The Hall–Kier alpha value is -2.54. The van der Waals surface area contributed by atoms with Crippen LogP contribution in [0.25, 0.3) is 10.9 Å². The zero-order valence-corrected chi connectivity index (χ0v) is 12.1. The molecule has 0 bridgehead atoms. The van der Waals surface area contributed by atoms with Crippen molar-refractivity contribution < 1.29 is 8.42 Å². The standard InChI is InChI=1S/C14H14N4O2S/c1-9-2-5-14(17-7-9)18-21(19,20)13-8-16-12-4-3-10(15)6-11(12)13/h2-8,16H,15H2,1H3,(H,17,18). The molecule has 4 N–H and O–H groups in total. The molecule has 3 aromatic rings. The van der Waals surface area contributed by atoms with Gasteiger partial charge in [0.15, 0.2) is 0 Å². The highest BCUT2D eigenvalue weighted by atomic mass is 32.2. The molecule has 0 aliphatic rings. The summed E-state index contributed by atoms with van der Waals surface area (Å²) >= 11 is 0. The quantitative estimate of drug-likeness (QED) is 0.646. The van der Waals surface area contributed by atoms with Crippen molar-refractivity contribution in [2.75, 3.05) is 10.5 Å². The van der Waals surface area contributed by atoms with Crippen LogP contribution in [0.2, 0.25) is 0 Å². The highest BCUT2D eigenvalue weighted by Crippen LogP contribution is 2.26. The lowest BCUT2D eigenvalue weighted by atomic mass is 10.2. The third-order valence-corrected chi connectivity index (χ3v) is 4.50. The second-order valence-electron chi connectivity index (χ2n) is 4.78. The predicted octanol–water partition coefficient (Wildman–Crippen LogP) is 2.25. The molecule has 3 rings (SSSR count). The van der Waals surface area contributed by atoms with E-state index in [1.165, 1.54) is 6.20 Å². The predicted molar refractivity (Wildman–Crippen MR) is 82.5 cm³/mol. The second kappa shape index (κ2) is 4.78. The molecule has 0 saturated carbocycles. The Morgan fingerprint density at radius 2 is 2.05 bits per heavy atom. The van der Waals surface area contributed by atoms with E-state index in [9.17, 15) is 8.42 Å². The minimum Gasteiger partial charge on any atom is -0.399 e. The Balaban J connectivity index is 2.04. The van der Waals surface area contributed by atoms with Crippen molar-refractivity contribution in [2.24, 2.45) is 0 Å². The molecule has 0 fully saturated rings. The number of aromatic nitrogens is 2. The number of aryl methyl sites for hydroxylation is 1. The first-order valence-electron chi connectivity index (χ1n) is 6.28. The van der Waals surface area contributed by atoms with Crippen LogP contribution < -0.4 is 10.5 Å². The van der Waals surface area contributed by atoms with Crippen LogP contribution in [-0.4, -0.2) is 18.4 Å². The van der Waals surface area contributed by atoms with Crippen molar-refractivity contribution in [3.8, 4) is 0 Å². The SMILES string of the molecule is Cc1ccc(NS(=O)(=O)c2c[nH]c3ccc(N)cc23)nc1. The van der Waals surface area contributed by atoms with Crippen molar-refractivity contribution in [2.45, 2.75) is 11.8 Å². The van der Waals surface area contributed by atoms with E-state index in [-0.39, 0.29) is 10.7 Å². The van der Waals surface area contributed by atoms with Gasteiger partial charge in [0.05, 0.1) is 0 Å². The summed E-state index contributed by atoms with van der Waals surface area (Å²) in [4.78, 5) is 7.11. The van der Waals surface area contributed by atoms with Crippen molar-refractivity contribution in [3.63, 3.8) is 0 Å². The van der Waals surface area contributed by atoms with Gasteiger partial charge < -0.3 is 10.7 Å². The molecule has 0 amide bonds. The maximum absolute atomic E-state index is 12.5. The van der Waals surface area contributed by atoms with Gasteiger partial charge in [-0.25, -0.2) is 13.4 Å². The molecule has 2 aromatic heterocycles. The van der Waals surface area contributed by atoms with E-state index in [0.717, 1.165) is 5.56 Å². The van der Waals surface area contributed by atoms with Crippen LogP contribution in [0.3, 0.4) is 0 Å². The number of H-pyrrole nitrogens is 1. The van der Waals surface area contributed by atoms with Crippen LogP contribution in [0.4, 0.5) is 11.5 Å². The Morgan fingerprint density at radius 3 is 2.76 bits per heavy atom. The van der Waals surface area contributed by atoms with Gasteiger partial charge in [0, 0.05) is 29.0 Å². The van der Waals surface area contributed by atoms with Gasteiger partial charge >= 0.3 is 0 Å². The molecule has 0 aliphatic heterocycles. The molecule has 7 heteroatoms. The summed E-state index contributed by atoms with van der Waals surface area (Å²) in [5.41, 5.74) is 7.90. The average Bonchev–Trinajstić information content (AvgIpc) is 2.85. The van der Waals surface area contributed by atoms with Gasteiger partial charge in [-0.2, -0.15) is 0 Å². The molecule has 2 heterocycles. The number of nitrogens with two attached hydrogens (primary N) is 1. The molecule has 108 valence electrons. The number of nitrogens with one attached hydrogen (secondary N) is 2. The van der Waals surface area contributed by atoms with E-state index in [1.54, 1.807) is 36.5 Å². The van der Waals surface area contributed by atoms with E-state index in [2.05, 4.69) is 14.7 Å². The first-order valence-corrected chi connectivity index (χ1v) is 7.76. The molecule has 0 aliphatic carbocycles. The topological polar surface area (TPSA) is 101 Å². The molecule has 0 saturated heterocycles.